The van der Waals surface area contributed by atoms with Crippen LogP contribution in [0.3, 0.4) is 0 Å². The van der Waals surface area contributed by atoms with Gasteiger partial charge in [0.15, 0.2) is 0 Å². The van der Waals surface area contributed by atoms with Crippen molar-refractivity contribution in [3.8, 4) is 0 Å². The van der Waals surface area contributed by atoms with Crippen molar-refractivity contribution in [1.82, 2.24) is 15.1 Å². The number of hydrogen-bond acceptors (Lipinski definition) is 2. The van der Waals surface area contributed by atoms with Crippen LogP contribution in [-0.4, -0.2) is 23.4 Å². The van der Waals surface area contributed by atoms with Gasteiger partial charge in [-0.2, -0.15) is 5.10 Å². The highest BCUT2D eigenvalue weighted by atomic mass is 35.5. The van der Waals surface area contributed by atoms with Crippen LogP contribution >= 0.6 is 11.6 Å². The molecule has 3 nitrogen and oxygen atoms in total. The summed E-state index contributed by atoms with van der Waals surface area (Å²) in [6.45, 7) is 9.34. The normalized spacial score (nSPS) is 15.3. The third kappa shape index (κ3) is 2.52. The van der Waals surface area contributed by atoms with Gasteiger partial charge in [-0.25, -0.2) is 0 Å². The molecular formula is C11H20ClN3. The first-order valence-electron chi connectivity index (χ1n) is 5.34. The summed E-state index contributed by atoms with van der Waals surface area (Å²) in [5, 5.41) is 8.45. The van der Waals surface area contributed by atoms with Gasteiger partial charge < -0.3 is 5.32 Å². The zero-order valence-corrected chi connectivity index (χ0v) is 10.9. The molecule has 1 aromatic rings. The molecular weight excluding hydrogens is 210 g/mol. The van der Waals surface area contributed by atoms with Crippen LogP contribution < -0.4 is 5.32 Å². The number of hydrogen-bond donors (Lipinski definition) is 1. The molecule has 0 radical (unpaired) electrons. The molecule has 0 saturated carbocycles. The fraction of sp³-hybridized carbons (Fsp3) is 0.727. The highest BCUT2D eigenvalue weighted by Gasteiger charge is 2.18. The van der Waals surface area contributed by atoms with E-state index in [9.17, 15) is 0 Å². The molecule has 1 N–H and O–H groups in total. The van der Waals surface area contributed by atoms with Gasteiger partial charge in [-0.3, -0.25) is 4.68 Å². The molecule has 0 aliphatic heterocycles. The van der Waals surface area contributed by atoms with Crippen LogP contribution in [0.5, 0.6) is 0 Å². The zero-order valence-electron chi connectivity index (χ0n) is 10.1. The average Bonchev–Trinajstić information content (AvgIpc) is 2.45. The molecule has 0 aliphatic carbocycles. The molecule has 0 aliphatic rings. The van der Waals surface area contributed by atoms with Gasteiger partial charge in [0.1, 0.15) is 0 Å². The monoisotopic (exact) mass is 229 g/mol. The van der Waals surface area contributed by atoms with Crippen LogP contribution in [0.2, 0.25) is 5.02 Å². The summed E-state index contributed by atoms with van der Waals surface area (Å²) < 4.78 is 2.03. The van der Waals surface area contributed by atoms with Crippen LogP contribution in [0, 0.1) is 19.8 Å². The van der Waals surface area contributed by atoms with Gasteiger partial charge >= 0.3 is 0 Å². The SMILES string of the molecule is CNCC(C)C(C)n1nc(C)c(Cl)c1C. The fourth-order valence-corrected chi connectivity index (χ4v) is 1.90. The number of aryl methyl sites for hydroxylation is 1. The number of aromatic nitrogens is 2. The molecule has 1 heterocycles. The van der Waals surface area contributed by atoms with Gasteiger partial charge in [0.05, 0.1) is 22.5 Å². The summed E-state index contributed by atoms with van der Waals surface area (Å²) in [5.41, 5.74) is 1.97. The first kappa shape index (κ1) is 12.5. The summed E-state index contributed by atoms with van der Waals surface area (Å²) in [5.74, 6) is 0.532. The van der Waals surface area contributed by atoms with E-state index in [0.717, 1.165) is 23.0 Å². The molecule has 86 valence electrons. The Labute approximate surface area is 96.8 Å². The molecule has 15 heavy (non-hydrogen) atoms. The number of nitrogens with zero attached hydrogens (tertiary/aromatic N) is 2. The second-order valence-electron chi connectivity index (χ2n) is 4.20. The Bertz CT molecular complexity index is 333. The topological polar surface area (TPSA) is 29.9 Å². The third-order valence-electron chi connectivity index (χ3n) is 2.97. The number of rotatable bonds is 4. The molecule has 2 unspecified atom stereocenters. The average molecular weight is 230 g/mol. The highest BCUT2D eigenvalue weighted by molar-refractivity contribution is 6.31. The lowest BCUT2D eigenvalue weighted by atomic mass is 10.0. The van der Waals surface area contributed by atoms with Crippen LogP contribution in [0.15, 0.2) is 0 Å². The molecule has 1 aromatic heterocycles. The molecule has 0 spiro atoms. The van der Waals surface area contributed by atoms with Gasteiger partial charge in [-0.1, -0.05) is 18.5 Å². The van der Waals surface area contributed by atoms with Crippen molar-refractivity contribution in [1.29, 1.82) is 0 Å². The fourth-order valence-electron chi connectivity index (χ4n) is 1.77. The van der Waals surface area contributed by atoms with Crippen molar-refractivity contribution in [3.05, 3.63) is 16.4 Å². The Balaban J connectivity index is 2.90. The van der Waals surface area contributed by atoms with Crippen molar-refractivity contribution >= 4 is 11.6 Å². The quantitative estimate of drug-likeness (QED) is 0.860. The van der Waals surface area contributed by atoms with Crippen molar-refractivity contribution in [2.75, 3.05) is 13.6 Å². The Morgan fingerprint density at radius 2 is 2.00 bits per heavy atom. The van der Waals surface area contributed by atoms with Gasteiger partial charge in [-0.15, -0.1) is 0 Å². The maximum atomic E-state index is 6.13. The second kappa shape index (κ2) is 4.99. The standard InChI is InChI=1S/C11H20ClN3/c1-7(6-13-5)9(3)15-10(4)11(12)8(2)14-15/h7,9,13H,6H2,1-5H3. The van der Waals surface area contributed by atoms with Gasteiger partial charge in [0.2, 0.25) is 0 Å². The second-order valence-corrected chi connectivity index (χ2v) is 4.58. The van der Waals surface area contributed by atoms with Crippen LogP contribution in [0.25, 0.3) is 0 Å². The Hall–Kier alpha value is -0.540. The first-order chi connectivity index (χ1) is 6.99. The predicted octanol–water partition coefficient (Wildman–Crippen LogP) is 2.57. The predicted molar refractivity (Wildman–Crippen MR) is 64.5 cm³/mol. The van der Waals surface area contributed by atoms with Crippen molar-refractivity contribution in [3.63, 3.8) is 0 Å². The summed E-state index contributed by atoms with van der Waals surface area (Å²) in [7, 11) is 1.97. The molecule has 4 heteroatoms. The van der Waals surface area contributed by atoms with E-state index in [1.807, 2.05) is 25.6 Å². The van der Waals surface area contributed by atoms with E-state index >= 15 is 0 Å². The molecule has 2 atom stereocenters. The summed E-state index contributed by atoms with van der Waals surface area (Å²) in [6.07, 6.45) is 0. The minimum Gasteiger partial charge on any atom is -0.319 e. The molecule has 0 amide bonds. The van der Waals surface area contributed by atoms with Crippen molar-refractivity contribution in [2.45, 2.75) is 33.7 Å². The Morgan fingerprint density at radius 3 is 2.40 bits per heavy atom. The van der Waals surface area contributed by atoms with Crippen molar-refractivity contribution < 1.29 is 0 Å². The van der Waals surface area contributed by atoms with E-state index in [2.05, 4.69) is 24.3 Å². The largest absolute Gasteiger partial charge is 0.319 e. The van der Waals surface area contributed by atoms with E-state index in [-0.39, 0.29) is 0 Å². The zero-order chi connectivity index (χ0) is 11.6. The minimum absolute atomic E-state index is 0.364. The van der Waals surface area contributed by atoms with Gasteiger partial charge in [-0.05, 0) is 40.3 Å². The summed E-state index contributed by atoms with van der Waals surface area (Å²) in [4.78, 5) is 0. The summed E-state index contributed by atoms with van der Waals surface area (Å²) >= 11 is 6.13. The number of nitrogens with one attached hydrogen (secondary N) is 1. The lowest BCUT2D eigenvalue weighted by Crippen LogP contribution is -2.25. The van der Waals surface area contributed by atoms with E-state index < -0.39 is 0 Å². The molecule has 0 bridgehead atoms. The van der Waals surface area contributed by atoms with Crippen molar-refractivity contribution in [2.24, 2.45) is 5.92 Å². The molecule has 0 fully saturated rings. The molecule has 1 rings (SSSR count). The summed E-state index contributed by atoms with van der Waals surface area (Å²) in [6, 6.07) is 0.364. The molecule has 0 saturated heterocycles. The maximum Gasteiger partial charge on any atom is 0.0844 e. The van der Waals surface area contributed by atoms with E-state index in [4.69, 9.17) is 11.6 Å². The van der Waals surface area contributed by atoms with Gasteiger partial charge in [0.25, 0.3) is 0 Å². The van der Waals surface area contributed by atoms with Crippen LogP contribution in [0.1, 0.15) is 31.3 Å². The number of halogens is 1. The lowest BCUT2D eigenvalue weighted by molar-refractivity contribution is 0.338. The molecule has 0 aromatic carbocycles. The Kier molecular flexibility index (Phi) is 4.17. The van der Waals surface area contributed by atoms with E-state index in [1.165, 1.54) is 0 Å². The lowest BCUT2D eigenvalue weighted by Gasteiger charge is -2.21. The minimum atomic E-state index is 0.364. The van der Waals surface area contributed by atoms with Crippen LogP contribution in [0.4, 0.5) is 0 Å². The highest BCUT2D eigenvalue weighted by Crippen LogP contribution is 2.25. The maximum absolute atomic E-state index is 6.13. The van der Waals surface area contributed by atoms with E-state index in [0.29, 0.717) is 12.0 Å². The Morgan fingerprint density at radius 1 is 1.40 bits per heavy atom. The van der Waals surface area contributed by atoms with E-state index in [1.54, 1.807) is 0 Å². The van der Waals surface area contributed by atoms with Crippen LogP contribution in [-0.2, 0) is 0 Å². The van der Waals surface area contributed by atoms with Gasteiger partial charge in [0, 0.05) is 0 Å². The first-order valence-corrected chi connectivity index (χ1v) is 5.72. The third-order valence-corrected chi connectivity index (χ3v) is 3.52. The smallest absolute Gasteiger partial charge is 0.0844 e.